The van der Waals surface area contributed by atoms with Gasteiger partial charge >= 0.3 is 12.1 Å². The van der Waals surface area contributed by atoms with Crippen molar-refractivity contribution in [2.75, 3.05) is 13.7 Å². The highest BCUT2D eigenvalue weighted by molar-refractivity contribution is 9.10. The fourth-order valence-corrected chi connectivity index (χ4v) is 3.15. The lowest BCUT2D eigenvalue weighted by molar-refractivity contribution is -0.154. The van der Waals surface area contributed by atoms with E-state index >= 15 is 0 Å². The number of halogens is 2. The molecule has 1 fully saturated rings. The van der Waals surface area contributed by atoms with E-state index in [0.29, 0.717) is 0 Å². The van der Waals surface area contributed by atoms with Crippen molar-refractivity contribution in [3.63, 3.8) is 0 Å². The standard InChI is InChI=1S/C15H15BrFNO5/c1-15(13(20)23-2)7-18(14(21)22)10(12(15)19)6-8-4-3-5-9(16)11(8)17/h3-5,10H,6-7H2,1-2H3,(H,21,22). The normalized spacial score (nSPS) is 23.9. The quantitative estimate of drug-likeness (QED) is 0.634. The molecule has 1 aromatic rings. The highest BCUT2D eigenvalue weighted by Gasteiger charge is 2.56. The Morgan fingerprint density at radius 1 is 1.52 bits per heavy atom. The maximum absolute atomic E-state index is 14.1. The largest absolute Gasteiger partial charge is 0.468 e. The molecular formula is C15H15BrFNO5. The second-order valence-corrected chi connectivity index (χ2v) is 6.39. The lowest BCUT2D eigenvalue weighted by atomic mass is 9.85. The van der Waals surface area contributed by atoms with Crippen LogP contribution in [0.15, 0.2) is 22.7 Å². The Morgan fingerprint density at radius 3 is 2.74 bits per heavy atom. The number of benzene rings is 1. The maximum atomic E-state index is 14.1. The molecule has 2 atom stereocenters. The number of carbonyl (C=O) groups excluding carboxylic acids is 2. The zero-order chi connectivity index (χ0) is 17.4. The molecule has 0 aliphatic carbocycles. The Morgan fingerprint density at radius 2 is 2.17 bits per heavy atom. The van der Waals surface area contributed by atoms with Crippen molar-refractivity contribution in [1.82, 2.24) is 4.90 Å². The minimum absolute atomic E-state index is 0.150. The molecule has 2 unspecified atom stereocenters. The maximum Gasteiger partial charge on any atom is 0.407 e. The van der Waals surface area contributed by atoms with Gasteiger partial charge in [-0.05, 0) is 34.5 Å². The monoisotopic (exact) mass is 387 g/mol. The van der Waals surface area contributed by atoms with Crippen LogP contribution in [0.4, 0.5) is 9.18 Å². The van der Waals surface area contributed by atoms with Crippen molar-refractivity contribution in [3.8, 4) is 0 Å². The van der Waals surface area contributed by atoms with Gasteiger partial charge in [0.25, 0.3) is 0 Å². The van der Waals surface area contributed by atoms with Crippen LogP contribution in [0.1, 0.15) is 12.5 Å². The number of ether oxygens (including phenoxy) is 1. The van der Waals surface area contributed by atoms with E-state index < -0.39 is 35.1 Å². The van der Waals surface area contributed by atoms with E-state index in [1.165, 1.54) is 19.1 Å². The number of methoxy groups -OCH3 is 1. The van der Waals surface area contributed by atoms with Gasteiger partial charge in [-0.2, -0.15) is 0 Å². The average Bonchev–Trinajstić information content (AvgIpc) is 2.77. The topological polar surface area (TPSA) is 83.9 Å². The highest BCUT2D eigenvalue weighted by atomic mass is 79.9. The Balaban J connectivity index is 2.39. The Labute approximate surface area is 140 Å². The number of esters is 1. The van der Waals surface area contributed by atoms with Crippen LogP contribution in [-0.4, -0.2) is 47.5 Å². The number of carbonyl (C=O) groups is 3. The summed E-state index contributed by atoms with van der Waals surface area (Å²) >= 11 is 3.05. The summed E-state index contributed by atoms with van der Waals surface area (Å²) in [4.78, 5) is 36.8. The number of nitrogens with zero attached hydrogens (tertiary/aromatic N) is 1. The van der Waals surface area contributed by atoms with Crippen LogP contribution in [0.2, 0.25) is 0 Å². The molecule has 0 saturated carbocycles. The summed E-state index contributed by atoms with van der Waals surface area (Å²) in [6, 6.07) is 3.43. The first kappa shape index (κ1) is 17.4. The highest BCUT2D eigenvalue weighted by Crippen LogP contribution is 2.34. The first-order valence-corrected chi connectivity index (χ1v) is 7.57. The smallest absolute Gasteiger partial charge is 0.407 e. The van der Waals surface area contributed by atoms with E-state index in [-0.39, 0.29) is 23.0 Å². The fraction of sp³-hybridized carbons (Fsp3) is 0.400. The first-order chi connectivity index (χ1) is 10.7. The van der Waals surface area contributed by atoms with Crippen molar-refractivity contribution in [3.05, 3.63) is 34.1 Å². The average molecular weight is 388 g/mol. The van der Waals surface area contributed by atoms with Crippen LogP contribution >= 0.6 is 15.9 Å². The van der Waals surface area contributed by atoms with Gasteiger partial charge in [-0.25, -0.2) is 9.18 Å². The number of hydrogen-bond donors (Lipinski definition) is 1. The summed E-state index contributed by atoms with van der Waals surface area (Å²) < 4.78 is 18.9. The van der Waals surface area contributed by atoms with Gasteiger partial charge in [-0.3, -0.25) is 14.5 Å². The number of carboxylic acid groups (broad SMARTS) is 1. The van der Waals surface area contributed by atoms with E-state index in [2.05, 4.69) is 20.7 Å². The molecule has 1 saturated heterocycles. The van der Waals surface area contributed by atoms with Crippen LogP contribution in [0.3, 0.4) is 0 Å². The number of likely N-dealkylation sites (tertiary alicyclic amines) is 1. The summed E-state index contributed by atoms with van der Waals surface area (Å²) in [5.41, 5.74) is -1.39. The van der Waals surface area contributed by atoms with Gasteiger partial charge in [0.1, 0.15) is 11.2 Å². The second-order valence-electron chi connectivity index (χ2n) is 5.53. The molecule has 2 rings (SSSR count). The second kappa shape index (κ2) is 6.27. The van der Waals surface area contributed by atoms with Crippen LogP contribution in [0, 0.1) is 11.2 Å². The third-order valence-electron chi connectivity index (χ3n) is 4.04. The first-order valence-electron chi connectivity index (χ1n) is 6.77. The van der Waals surface area contributed by atoms with E-state index in [4.69, 9.17) is 0 Å². The van der Waals surface area contributed by atoms with Gasteiger partial charge in [0, 0.05) is 13.0 Å². The van der Waals surface area contributed by atoms with Gasteiger partial charge in [0.05, 0.1) is 17.6 Å². The molecule has 1 amide bonds. The Kier molecular flexibility index (Phi) is 4.74. The molecule has 124 valence electrons. The molecule has 1 aliphatic heterocycles. The molecule has 23 heavy (non-hydrogen) atoms. The Hall–Kier alpha value is -1.96. The van der Waals surface area contributed by atoms with E-state index in [1.807, 2.05) is 0 Å². The molecule has 6 nitrogen and oxygen atoms in total. The van der Waals surface area contributed by atoms with E-state index in [0.717, 1.165) is 12.0 Å². The summed E-state index contributed by atoms with van der Waals surface area (Å²) in [5.74, 6) is -1.95. The van der Waals surface area contributed by atoms with Crippen molar-refractivity contribution >= 4 is 33.8 Å². The molecule has 0 aromatic heterocycles. The van der Waals surface area contributed by atoms with E-state index in [1.54, 1.807) is 6.07 Å². The van der Waals surface area contributed by atoms with Crippen molar-refractivity contribution in [2.45, 2.75) is 19.4 Å². The molecule has 0 spiro atoms. The van der Waals surface area contributed by atoms with Gasteiger partial charge in [-0.15, -0.1) is 0 Å². The van der Waals surface area contributed by atoms with Crippen LogP contribution in [0.5, 0.6) is 0 Å². The van der Waals surface area contributed by atoms with Crippen LogP contribution < -0.4 is 0 Å². The molecule has 1 aromatic carbocycles. The van der Waals surface area contributed by atoms with Crippen molar-refractivity contribution in [1.29, 1.82) is 0 Å². The predicted octanol–water partition coefficient (Wildman–Crippen LogP) is 2.24. The van der Waals surface area contributed by atoms with Gasteiger partial charge in [0.2, 0.25) is 0 Å². The van der Waals surface area contributed by atoms with Gasteiger partial charge in [-0.1, -0.05) is 12.1 Å². The van der Waals surface area contributed by atoms with Crippen molar-refractivity contribution < 1.29 is 28.6 Å². The van der Waals surface area contributed by atoms with Crippen molar-refractivity contribution in [2.24, 2.45) is 5.41 Å². The zero-order valence-electron chi connectivity index (χ0n) is 12.5. The summed E-state index contributed by atoms with van der Waals surface area (Å²) in [7, 11) is 1.13. The zero-order valence-corrected chi connectivity index (χ0v) is 14.1. The molecular weight excluding hydrogens is 373 g/mol. The number of rotatable bonds is 3. The minimum atomic E-state index is -1.58. The molecule has 1 heterocycles. The minimum Gasteiger partial charge on any atom is -0.468 e. The third kappa shape index (κ3) is 2.95. The van der Waals surface area contributed by atoms with Crippen LogP contribution in [-0.2, 0) is 20.7 Å². The van der Waals surface area contributed by atoms with E-state index in [9.17, 15) is 23.9 Å². The number of hydrogen-bond acceptors (Lipinski definition) is 4. The SMILES string of the molecule is COC(=O)C1(C)CN(C(=O)O)C(Cc2cccc(Br)c2F)C1=O. The molecule has 0 radical (unpaired) electrons. The van der Waals surface area contributed by atoms with Gasteiger partial charge < -0.3 is 9.84 Å². The lowest BCUT2D eigenvalue weighted by Crippen LogP contribution is -2.39. The summed E-state index contributed by atoms with van der Waals surface area (Å²) in [6.45, 7) is 1.03. The predicted molar refractivity (Wildman–Crippen MR) is 81.5 cm³/mol. The number of amides is 1. The number of ketones is 1. The molecule has 1 aliphatic rings. The Bertz CT molecular complexity index is 680. The molecule has 8 heteroatoms. The number of Topliss-reactive ketones (excluding diaryl/α,β-unsaturated/α-hetero) is 1. The molecule has 0 bridgehead atoms. The summed E-state index contributed by atoms with van der Waals surface area (Å²) in [5, 5.41) is 9.31. The molecule has 1 N–H and O–H groups in total. The fourth-order valence-electron chi connectivity index (χ4n) is 2.75. The third-order valence-corrected chi connectivity index (χ3v) is 4.65. The lowest BCUT2D eigenvalue weighted by Gasteiger charge is -2.20. The van der Waals surface area contributed by atoms with Crippen LogP contribution in [0.25, 0.3) is 0 Å². The summed E-state index contributed by atoms with van der Waals surface area (Å²) in [6.07, 6.45) is -1.49. The van der Waals surface area contributed by atoms with Gasteiger partial charge in [0.15, 0.2) is 5.78 Å².